The third kappa shape index (κ3) is 2.89. The maximum absolute atomic E-state index is 12.7. The van der Waals surface area contributed by atoms with Crippen LogP contribution in [0.5, 0.6) is 5.88 Å². The SMILES string of the molecule is COc1ccc([C@H]2OCC[C@@H]2NC(=O)[C@H]2CC23CCOCC3)cn1. The van der Waals surface area contributed by atoms with Crippen molar-refractivity contribution in [1.29, 1.82) is 0 Å². The van der Waals surface area contributed by atoms with Crippen LogP contribution in [0.1, 0.15) is 37.4 Å². The number of hydrogen-bond donors (Lipinski definition) is 1. The lowest BCUT2D eigenvalue weighted by atomic mass is 9.93. The van der Waals surface area contributed by atoms with E-state index in [1.807, 2.05) is 12.1 Å². The standard InChI is InChI=1S/C18H24N2O4/c1-22-15-3-2-12(11-19-15)16-14(4-7-24-16)20-17(21)13-10-18(13)5-8-23-9-6-18/h2-3,11,13-14,16H,4-10H2,1H3,(H,20,21)/t13-,14+,16-/m1/s1. The van der Waals surface area contributed by atoms with Crippen LogP contribution in [0.3, 0.4) is 0 Å². The maximum Gasteiger partial charge on any atom is 0.224 e. The smallest absolute Gasteiger partial charge is 0.224 e. The van der Waals surface area contributed by atoms with Gasteiger partial charge < -0.3 is 19.5 Å². The van der Waals surface area contributed by atoms with Crippen molar-refractivity contribution in [2.75, 3.05) is 26.9 Å². The van der Waals surface area contributed by atoms with Gasteiger partial charge in [0.05, 0.1) is 13.2 Å². The molecule has 1 amide bonds. The van der Waals surface area contributed by atoms with Gasteiger partial charge in [-0.2, -0.15) is 0 Å². The van der Waals surface area contributed by atoms with Crippen LogP contribution >= 0.6 is 0 Å². The molecular formula is C18H24N2O4. The molecule has 1 aliphatic carbocycles. The van der Waals surface area contributed by atoms with Crippen LogP contribution in [0.4, 0.5) is 0 Å². The van der Waals surface area contributed by atoms with E-state index >= 15 is 0 Å². The fourth-order valence-corrected chi connectivity index (χ4v) is 4.08. The summed E-state index contributed by atoms with van der Waals surface area (Å²) in [7, 11) is 1.60. The first kappa shape index (κ1) is 15.8. The molecule has 1 saturated carbocycles. The van der Waals surface area contributed by atoms with Gasteiger partial charge in [-0.25, -0.2) is 4.98 Å². The maximum atomic E-state index is 12.7. The minimum Gasteiger partial charge on any atom is -0.481 e. The highest BCUT2D eigenvalue weighted by Gasteiger charge is 2.58. The molecule has 3 fully saturated rings. The van der Waals surface area contributed by atoms with E-state index in [0.717, 1.165) is 44.5 Å². The lowest BCUT2D eigenvalue weighted by Crippen LogP contribution is -2.39. The average molecular weight is 332 g/mol. The molecule has 4 rings (SSSR count). The number of ether oxygens (including phenoxy) is 3. The lowest BCUT2D eigenvalue weighted by molar-refractivity contribution is -0.124. The highest BCUT2D eigenvalue weighted by molar-refractivity contribution is 5.83. The molecule has 6 heteroatoms. The Kier molecular flexibility index (Phi) is 4.18. The van der Waals surface area contributed by atoms with Gasteiger partial charge in [0.15, 0.2) is 0 Å². The number of carbonyl (C=O) groups is 1. The van der Waals surface area contributed by atoms with Crippen LogP contribution in [0.25, 0.3) is 0 Å². The molecule has 1 aromatic rings. The second kappa shape index (κ2) is 6.33. The molecule has 3 heterocycles. The van der Waals surface area contributed by atoms with Crippen LogP contribution in [-0.2, 0) is 14.3 Å². The van der Waals surface area contributed by atoms with Gasteiger partial charge in [-0.15, -0.1) is 0 Å². The molecule has 3 atom stereocenters. The van der Waals surface area contributed by atoms with E-state index in [1.165, 1.54) is 0 Å². The Hall–Kier alpha value is -1.66. The molecular weight excluding hydrogens is 308 g/mol. The van der Waals surface area contributed by atoms with Gasteiger partial charge in [0.2, 0.25) is 11.8 Å². The van der Waals surface area contributed by atoms with Gasteiger partial charge in [-0.3, -0.25) is 4.79 Å². The Balaban J connectivity index is 1.39. The molecule has 1 aromatic heterocycles. The molecule has 0 radical (unpaired) electrons. The van der Waals surface area contributed by atoms with Crippen LogP contribution in [0, 0.1) is 11.3 Å². The van der Waals surface area contributed by atoms with Gasteiger partial charge in [0.1, 0.15) is 6.10 Å². The van der Waals surface area contributed by atoms with E-state index in [-0.39, 0.29) is 29.4 Å². The zero-order chi connectivity index (χ0) is 16.6. The number of carbonyl (C=O) groups excluding carboxylic acids is 1. The van der Waals surface area contributed by atoms with E-state index in [1.54, 1.807) is 13.3 Å². The van der Waals surface area contributed by atoms with Crippen LogP contribution in [0.15, 0.2) is 18.3 Å². The van der Waals surface area contributed by atoms with Crippen molar-refractivity contribution in [2.24, 2.45) is 11.3 Å². The van der Waals surface area contributed by atoms with Crippen molar-refractivity contribution >= 4 is 5.91 Å². The van der Waals surface area contributed by atoms with Gasteiger partial charge >= 0.3 is 0 Å². The highest BCUT2D eigenvalue weighted by Crippen LogP contribution is 2.59. The average Bonchev–Trinajstić information content (AvgIpc) is 3.11. The van der Waals surface area contributed by atoms with Gasteiger partial charge in [0.25, 0.3) is 0 Å². The fraction of sp³-hybridized carbons (Fsp3) is 0.667. The van der Waals surface area contributed by atoms with Crippen LogP contribution < -0.4 is 10.1 Å². The van der Waals surface area contributed by atoms with Gasteiger partial charge in [-0.05, 0) is 37.2 Å². The first-order chi connectivity index (χ1) is 11.7. The number of methoxy groups -OCH3 is 1. The summed E-state index contributed by atoms with van der Waals surface area (Å²) in [5, 5.41) is 3.23. The predicted molar refractivity (Wildman–Crippen MR) is 86.6 cm³/mol. The van der Waals surface area contributed by atoms with Crippen molar-refractivity contribution in [3.8, 4) is 5.88 Å². The fourth-order valence-electron chi connectivity index (χ4n) is 4.08. The number of rotatable bonds is 4. The van der Waals surface area contributed by atoms with E-state index in [0.29, 0.717) is 12.5 Å². The lowest BCUT2D eigenvalue weighted by Gasteiger charge is -2.24. The summed E-state index contributed by atoms with van der Waals surface area (Å²) in [6.45, 7) is 2.23. The molecule has 0 unspecified atom stereocenters. The summed E-state index contributed by atoms with van der Waals surface area (Å²) in [6.07, 6.45) is 5.51. The predicted octanol–water partition coefficient (Wildman–Crippen LogP) is 1.85. The zero-order valence-corrected chi connectivity index (χ0v) is 14.0. The van der Waals surface area contributed by atoms with Crippen molar-refractivity contribution in [3.63, 3.8) is 0 Å². The molecule has 2 aliphatic heterocycles. The second-order valence-electron chi connectivity index (χ2n) is 7.06. The quantitative estimate of drug-likeness (QED) is 0.911. The topological polar surface area (TPSA) is 69.7 Å². The molecule has 2 saturated heterocycles. The minimum atomic E-state index is -0.128. The summed E-state index contributed by atoms with van der Waals surface area (Å²) < 4.78 is 16.4. The largest absolute Gasteiger partial charge is 0.481 e. The van der Waals surface area contributed by atoms with Crippen molar-refractivity contribution < 1.29 is 19.0 Å². The van der Waals surface area contributed by atoms with Crippen molar-refractivity contribution in [1.82, 2.24) is 10.3 Å². The third-order valence-electron chi connectivity index (χ3n) is 5.71. The summed E-state index contributed by atoms with van der Waals surface area (Å²) in [4.78, 5) is 16.9. The molecule has 6 nitrogen and oxygen atoms in total. The third-order valence-corrected chi connectivity index (χ3v) is 5.71. The van der Waals surface area contributed by atoms with Crippen LogP contribution in [0.2, 0.25) is 0 Å². The number of nitrogens with zero attached hydrogens (tertiary/aromatic N) is 1. The molecule has 1 spiro atoms. The summed E-state index contributed by atoms with van der Waals surface area (Å²) in [6, 6.07) is 3.80. The second-order valence-corrected chi connectivity index (χ2v) is 7.06. The molecule has 0 aromatic carbocycles. The molecule has 1 N–H and O–H groups in total. The van der Waals surface area contributed by atoms with Gasteiger partial charge in [-0.1, -0.05) is 0 Å². The minimum absolute atomic E-state index is 0.0187. The summed E-state index contributed by atoms with van der Waals surface area (Å²) in [5.41, 5.74) is 1.19. The molecule has 3 aliphatic rings. The molecule has 24 heavy (non-hydrogen) atoms. The Labute approximate surface area is 141 Å². The first-order valence-corrected chi connectivity index (χ1v) is 8.71. The summed E-state index contributed by atoms with van der Waals surface area (Å²) in [5.74, 6) is 0.910. The first-order valence-electron chi connectivity index (χ1n) is 8.71. The number of aromatic nitrogens is 1. The van der Waals surface area contributed by atoms with E-state index in [2.05, 4.69) is 10.3 Å². The van der Waals surface area contributed by atoms with E-state index in [4.69, 9.17) is 14.2 Å². The number of amides is 1. The number of pyridine rings is 1. The number of nitrogens with one attached hydrogen (secondary N) is 1. The van der Waals surface area contributed by atoms with Gasteiger partial charge in [0, 0.05) is 43.6 Å². The Morgan fingerprint density at radius 3 is 2.88 bits per heavy atom. The zero-order valence-electron chi connectivity index (χ0n) is 14.0. The van der Waals surface area contributed by atoms with E-state index in [9.17, 15) is 4.79 Å². The van der Waals surface area contributed by atoms with Crippen LogP contribution in [-0.4, -0.2) is 43.9 Å². The van der Waals surface area contributed by atoms with Crippen molar-refractivity contribution in [2.45, 2.75) is 37.8 Å². The Bertz CT molecular complexity index is 598. The Morgan fingerprint density at radius 1 is 1.33 bits per heavy atom. The summed E-state index contributed by atoms with van der Waals surface area (Å²) >= 11 is 0. The highest BCUT2D eigenvalue weighted by atomic mass is 16.5. The Morgan fingerprint density at radius 2 is 2.17 bits per heavy atom. The monoisotopic (exact) mass is 332 g/mol. The normalized spacial score (nSPS) is 31.0. The van der Waals surface area contributed by atoms with Crippen molar-refractivity contribution in [3.05, 3.63) is 23.9 Å². The molecule has 0 bridgehead atoms. The molecule has 130 valence electrons. The number of hydrogen-bond acceptors (Lipinski definition) is 5. The van der Waals surface area contributed by atoms with E-state index < -0.39 is 0 Å².